The molecule has 32 heavy (non-hydrogen) atoms. The van der Waals surface area contributed by atoms with Crippen molar-refractivity contribution in [2.75, 3.05) is 19.7 Å². The third-order valence-electron chi connectivity index (χ3n) is 5.33. The van der Waals surface area contributed by atoms with E-state index in [4.69, 9.17) is 19.4 Å². The van der Waals surface area contributed by atoms with Gasteiger partial charge in [0.1, 0.15) is 6.10 Å². The Bertz CT molecular complexity index is 901. The quantitative estimate of drug-likeness (QED) is 0.766. The Morgan fingerprint density at radius 2 is 1.72 bits per heavy atom. The molecular formula is C22H23F3N2O5. The zero-order chi connectivity index (χ0) is 23.2. The Morgan fingerprint density at radius 1 is 1.09 bits per heavy atom. The van der Waals surface area contributed by atoms with Crippen molar-refractivity contribution in [1.82, 2.24) is 9.88 Å². The van der Waals surface area contributed by atoms with E-state index in [1.54, 1.807) is 6.20 Å². The predicted octanol–water partition coefficient (Wildman–Crippen LogP) is 3.56. The smallest absolute Gasteiger partial charge is 0.475 e. The molecule has 4 rings (SSSR count). The lowest BCUT2D eigenvalue weighted by Crippen LogP contribution is -2.46. The number of carboxylic acids is 1. The van der Waals surface area contributed by atoms with E-state index in [0.29, 0.717) is 12.5 Å². The molecule has 1 atom stereocenters. The van der Waals surface area contributed by atoms with Crippen LogP contribution in [0.4, 0.5) is 13.2 Å². The lowest BCUT2D eigenvalue weighted by atomic mass is 9.87. The van der Waals surface area contributed by atoms with Crippen molar-refractivity contribution >= 4 is 11.9 Å². The molecule has 2 fully saturated rings. The van der Waals surface area contributed by atoms with Crippen LogP contribution in [-0.4, -0.2) is 64.4 Å². The molecule has 1 unspecified atom stereocenters. The van der Waals surface area contributed by atoms with Gasteiger partial charge in [0.15, 0.2) is 0 Å². The third-order valence-corrected chi connectivity index (χ3v) is 5.33. The number of ether oxygens (including phenoxy) is 2. The van der Waals surface area contributed by atoms with Crippen LogP contribution in [-0.2, 0) is 9.53 Å². The van der Waals surface area contributed by atoms with Crippen molar-refractivity contribution in [3.05, 3.63) is 60.3 Å². The predicted molar refractivity (Wildman–Crippen MR) is 107 cm³/mol. The summed E-state index contributed by atoms with van der Waals surface area (Å²) in [5.41, 5.74) is 0.592. The first-order chi connectivity index (χ1) is 15.2. The monoisotopic (exact) mass is 452 g/mol. The summed E-state index contributed by atoms with van der Waals surface area (Å²) in [6.45, 7) is 2.04. The number of carbonyl (C=O) groups is 2. The lowest BCUT2D eigenvalue weighted by molar-refractivity contribution is -0.192. The van der Waals surface area contributed by atoms with Crippen LogP contribution >= 0.6 is 0 Å². The number of aromatic nitrogens is 1. The van der Waals surface area contributed by atoms with Crippen LogP contribution in [0, 0.1) is 0 Å². The first-order valence-corrected chi connectivity index (χ1v) is 10.0. The number of nitrogens with zero attached hydrogens (tertiary/aromatic N) is 2. The van der Waals surface area contributed by atoms with Crippen LogP contribution < -0.4 is 4.74 Å². The molecule has 1 spiro atoms. The summed E-state index contributed by atoms with van der Waals surface area (Å²) in [7, 11) is 0. The maximum atomic E-state index is 12.6. The van der Waals surface area contributed by atoms with Gasteiger partial charge in [0.25, 0.3) is 5.91 Å². The van der Waals surface area contributed by atoms with Crippen LogP contribution in [0.2, 0.25) is 0 Å². The molecular weight excluding hydrogens is 429 g/mol. The standard InChI is InChI=1S/C20H22N2O3.C2HF3O2/c23-19(16-6-2-1-3-7-16)22-12-9-20(10-13-22)14-17(15-24-20)25-18-8-4-5-11-21-18;3-2(4,5)1(6)7/h1-8,11,17H,9-10,12-15H2;(H,6,7). The van der Waals surface area contributed by atoms with Gasteiger partial charge in [0, 0.05) is 37.3 Å². The summed E-state index contributed by atoms with van der Waals surface area (Å²) >= 11 is 0. The number of halogens is 3. The van der Waals surface area contributed by atoms with Gasteiger partial charge in [-0.15, -0.1) is 0 Å². The van der Waals surface area contributed by atoms with Gasteiger partial charge >= 0.3 is 12.1 Å². The SMILES string of the molecule is O=C(O)C(F)(F)F.O=C(c1ccccc1)N1CCC2(CC1)CC(Oc1ccccn1)CO2. The average Bonchev–Trinajstić information content (AvgIpc) is 3.16. The van der Waals surface area contributed by atoms with Crippen LogP contribution in [0.5, 0.6) is 5.88 Å². The highest BCUT2D eigenvalue weighted by molar-refractivity contribution is 5.94. The number of hydrogen-bond acceptors (Lipinski definition) is 5. The van der Waals surface area contributed by atoms with E-state index in [1.165, 1.54) is 0 Å². The first kappa shape index (κ1) is 23.5. The number of carbonyl (C=O) groups excluding carboxylic acids is 1. The number of hydrogen-bond donors (Lipinski definition) is 1. The van der Waals surface area contributed by atoms with Gasteiger partial charge in [0.05, 0.1) is 12.2 Å². The fraction of sp³-hybridized carbons (Fsp3) is 0.409. The number of pyridine rings is 1. The Kier molecular flexibility index (Phi) is 7.34. The number of benzene rings is 1. The Hall–Kier alpha value is -3.14. The van der Waals surface area contributed by atoms with E-state index in [9.17, 15) is 18.0 Å². The molecule has 2 aliphatic heterocycles. The normalized spacial score (nSPS) is 19.7. The highest BCUT2D eigenvalue weighted by atomic mass is 19.4. The van der Waals surface area contributed by atoms with Crippen LogP contribution in [0.1, 0.15) is 29.6 Å². The molecule has 1 N–H and O–H groups in total. The third kappa shape index (κ3) is 6.19. The first-order valence-electron chi connectivity index (χ1n) is 10.0. The summed E-state index contributed by atoms with van der Waals surface area (Å²) in [4.78, 5) is 27.6. The lowest BCUT2D eigenvalue weighted by Gasteiger charge is -2.38. The highest BCUT2D eigenvalue weighted by Gasteiger charge is 2.44. The minimum absolute atomic E-state index is 0.0336. The molecule has 1 amide bonds. The molecule has 10 heteroatoms. The fourth-order valence-corrected chi connectivity index (χ4v) is 3.69. The van der Waals surface area contributed by atoms with Crippen molar-refractivity contribution < 1.29 is 37.3 Å². The second-order valence-corrected chi connectivity index (χ2v) is 7.57. The van der Waals surface area contributed by atoms with E-state index in [1.807, 2.05) is 53.4 Å². The van der Waals surface area contributed by atoms with Gasteiger partial charge in [-0.1, -0.05) is 24.3 Å². The number of likely N-dealkylation sites (tertiary alicyclic amines) is 1. The van der Waals surface area contributed by atoms with Gasteiger partial charge in [-0.2, -0.15) is 13.2 Å². The van der Waals surface area contributed by atoms with Crippen molar-refractivity contribution in [2.45, 2.75) is 37.1 Å². The van der Waals surface area contributed by atoms with Crippen molar-refractivity contribution in [3.63, 3.8) is 0 Å². The maximum absolute atomic E-state index is 12.6. The molecule has 2 aromatic rings. The zero-order valence-electron chi connectivity index (χ0n) is 17.1. The van der Waals surface area contributed by atoms with Gasteiger partial charge < -0.3 is 19.5 Å². The molecule has 2 aliphatic rings. The second kappa shape index (κ2) is 9.99. The molecule has 0 saturated carbocycles. The van der Waals surface area contributed by atoms with Crippen LogP contribution in [0.3, 0.4) is 0 Å². The zero-order valence-corrected chi connectivity index (χ0v) is 17.1. The highest BCUT2D eigenvalue weighted by Crippen LogP contribution is 2.37. The van der Waals surface area contributed by atoms with E-state index >= 15 is 0 Å². The van der Waals surface area contributed by atoms with Crippen LogP contribution in [0.15, 0.2) is 54.7 Å². The van der Waals surface area contributed by atoms with Gasteiger partial charge in [-0.25, -0.2) is 9.78 Å². The maximum Gasteiger partial charge on any atom is 0.490 e. The molecule has 172 valence electrons. The number of piperidine rings is 1. The number of alkyl halides is 3. The minimum Gasteiger partial charge on any atom is -0.475 e. The Morgan fingerprint density at radius 3 is 2.28 bits per heavy atom. The number of amides is 1. The van der Waals surface area contributed by atoms with Gasteiger partial charge in [0.2, 0.25) is 5.88 Å². The number of carboxylic acid groups (broad SMARTS) is 1. The van der Waals surface area contributed by atoms with Gasteiger partial charge in [-0.05, 0) is 31.0 Å². The van der Waals surface area contributed by atoms with Crippen molar-refractivity contribution in [3.8, 4) is 5.88 Å². The second-order valence-electron chi connectivity index (χ2n) is 7.57. The topological polar surface area (TPSA) is 89.0 Å². The van der Waals surface area contributed by atoms with E-state index in [-0.39, 0.29) is 17.6 Å². The fourth-order valence-electron chi connectivity index (χ4n) is 3.69. The van der Waals surface area contributed by atoms with Crippen molar-refractivity contribution in [1.29, 1.82) is 0 Å². The molecule has 0 bridgehead atoms. The van der Waals surface area contributed by atoms with Crippen molar-refractivity contribution in [2.24, 2.45) is 0 Å². The van der Waals surface area contributed by atoms with E-state index in [2.05, 4.69) is 4.98 Å². The molecule has 3 heterocycles. The summed E-state index contributed by atoms with van der Waals surface area (Å²) in [6.07, 6.45) is -0.751. The van der Waals surface area contributed by atoms with Gasteiger partial charge in [-0.3, -0.25) is 4.79 Å². The molecule has 0 radical (unpaired) electrons. The molecule has 1 aromatic heterocycles. The number of rotatable bonds is 3. The largest absolute Gasteiger partial charge is 0.490 e. The minimum atomic E-state index is -5.08. The Labute approximate surface area is 182 Å². The average molecular weight is 452 g/mol. The van der Waals surface area contributed by atoms with Crippen LogP contribution in [0.25, 0.3) is 0 Å². The van der Waals surface area contributed by atoms with E-state index < -0.39 is 12.1 Å². The Balaban J connectivity index is 0.000000360. The number of aliphatic carboxylic acids is 1. The molecule has 0 aliphatic carbocycles. The summed E-state index contributed by atoms with van der Waals surface area (Å²) in [5.74, 6) is -2.01. The summed E-state index contributed by atoms with van der Waals surface area (Å²) < 4.78 is 43.8. The molecule has 7 nitrogen and oxygen atoms in total. The summed E-state index contributed by atoms with van der Waals surface area (Å²) in [5, 5.41) is 7.12. The summed E-state index contributed by atoms with van der Waals surface area (Å²) in [6, 6.07) is 15.1. The molecule has 1 aromatic carbocycles. The van der Waals surface area contributed by atoms with E-state index in [0.717, 1.165) is 37.9 Å². The molecule has 2 saturated heterocycles.